The quantitative estimate of drug-likeness (QED) is 0.845. The Morgan fingerprint density at radius 3 is 2.46 bits per heavy atom. The molecule has 0 unspecified atom stereocenters. The summed E-state index contributed by atoms with van der Waals surface area (Å²) < 4.78 is 0. The van der Waals surface area contributed by atoms with Crippen LogP contribution < -0.4 is 10.6 Å². The van der Waals surface area contributed by atoms with E-state index in [2.05, 4.69) is 16.7 Å². The zero-order chi connectivity index (χ0) is 18.4. The van der Waals surface area contributed by atoms with Crippen molar-refractivity contribution in [3.05, 3.63) is 35.9 Å². The summed E-state index contributed by atoms with van der Waals surface area (Å²) in [7, 11) is 0. The minimum atomic E-state index is -0.256. The highest BCUT2D eigenvalue weighted by atomic mass is 16.2. The van der Waals surface area contributed by atoms with Gasteiger partial charge in [-0.2, -0.15) is 5.26 Å². The van der Waals surface area contributed by atoms with E-state index in [9.17, 15) is 9.59 Å². The Hall–Kier alpha value is -2.39. The van der Waals surface area contributed by atoms with E-state index in [4.69, 9.17) is 5.26 Å². The minimum Gasteiger partial charge on any atom is -0.349 e. The van der Waals surface area contributed by atoms with Gasteiger partial charge in [0.05, 0.1) is 12.6 Å². The van der Waals surface area contributed by atoms with Crippen molar-refractivity contribution in [2.75, 3.05) is 13.1 Å². The summed E-state index contributed by atoms with van der Waals surface area (Å²) in [6.07, 6.45) is 5.40. The molecular weight excluding hydrogens is 328 g/mol. The predicted molar refractivity (Wildman–Crippen MR) is 98.3 cm³/mol. The summed E-state index contributed by atoms with van der Waals surface area (Å²) in [5.41, 5.74) is 0.691. The Kier molecular flexibility index (Phi) is 6.24. The summed E-state index contributed by atoms with van der Waals surface area (Å²) in [4.78, 5) is 26.2. The van der Waals surface area contributed by atoms with Crippen LogP contribution in [0.15, 0.2) is 30.3 Å². The molecule has 0 radical (unpaired) electrons. The highest BCUT2D eigenvalue weighted by Crippen LogP contribution is 2.20. The molecule has 2 aliphatic rings. The van der Waals surface area contributed by atoms with Crippen LogP contribution in [-0.4, -0.2) is 47.9 Å². The first-order valence-corrected chi connectivity index (χ1v) is 9.45. The Bertz CT molecular complexity index is 662. The number of carbonyl (C=O) groups is 2. The maximum absolute atomic E-state index is 12.3. The zero-order valence-corrected chi connectivity index (χ0v) is 15.0. The molecule has 0 aromatic heterocycles. The van der Waals surface area contributed by atoms with Gasteiger partial charge in [-0.05, 0) is 50.7 Å². The molecule has 1 aromatic carbocycles. The second kappa shape index (κ2) is 8.81. The lowest BCUT2D eigenvalue weighted by Crippen LogP contribution is -2.46. The lowest BCUT2D eigenvalue weighted by Gasteiger charge is -2.30. The second-order valence-electron chi connectivity index (χ2n) is 7.14. The van der Waals surface area contributed by atoms with Crippen molar-refractivity contribution >= 4 is 11.8 Å². The normalized spacial score (nSPS) is 25.5. The predicted octanol–water partition coefficient (Wildman–Crippen LogP) is 1.83. The molecule has 6 nitrogen and oxygen atoms in total. The van der Waals surface area contributed by atoms with E-state index in [1.807, 2.05) is 30.3 Å². The zero-order valence-electron chi connectivity index (χ0n) is 15.0. The summed E-state index contributed by atoms with van der Waals surface area (Å²) in [5.74, 6) is 0.00215. The monoisotopic (exact) mass is 354 g/mol. The van der Waals surface area contributed by atoms with Crippen molar-refractivity contribution in [3.8, 4) is 6.07 Å². The molecule has 2 fully saturated rings. The number of hydrogen-bond acceptors (Lipinski definition) is 4. The van der Waals surface area contributed by atoms with Crippen LogP contribution >= 0.6 is 0 Å². The van der Waals surface area contributed by atoms with Gasteiger partial charge in [0.1, 0.15) is 6.04 Å². The molecule has 1 atom stereocenters. The average Bonchev–Trinajstić information content (AvgIpc) is 3.17. The fourth-order valence-corrected chi connectivity index (χ4v) is 3.83. The lowest BCUT2D eigenvalue weighted by molar-refractivity contribution is -0.130. The molecule has 1 saturated heterocycles. The molecular formula is C20H26N4O2. The molecule has 26 heavy (non-hydrogen) atoms. The highest BCUT2D eigenvalue weighted by molar-refractivity contribution is 5.94. The number of nitriles is 1. The summed E-state index contributed by atoms with van der Waals surface area (Å²) in [5, 5.41) is 15.5. The molecule has 1 aliphatic heterocycles. The molecule has 3 rings (SSSR count). The lowest BCUT2D eigenvalue weighted by atomic mass is 9.91. The molecule has 138 valence electrons. The Morgan fingerprint density at radius 1 is 1.08 bits per heavy atom. The van der Waals surface area contributed by atoms with Crippen LogP contribution in [0.3, 0.4) is 0 Å². The number of carbonyl (C=O) groups excluding carboxylic acids is 2. The molecule has 1 aromatic rings. The molecule has 1 aliphatic carbocycles. The second-order valence-corrected chi connectivity index (χ2v) is 7.14. The first-order chi connectivity index (χ1) is 12.7. The molecule has 1 heterocycles. The van der Waals surface area contributed by atoms with Crippen molar-refractivity contribution in [2.24, 2.45) is 0 Å². The first-order valence-electron chi connectivity index (χ1n) is 9.45. The van der Waals surface area contributed by atoms with Crippen LogP contribution in [0, 0.1) is 11.3 Å². The van der Waals surface area contributed by atoms with Crippen LogP contribution in [0.5, 0.6) is 0 Å². The third-order valence-corrected chi connectivity index (χ3v) is 5.36. The van der Waals surface area contributed by atoms with E-state index in [-0.39, 0.29) is 23.9 Å². The third kappa shape index (κ3) is 4.61. The summed E-state index contributed by atoms with van der Waals surface area (Å²) in [6, 6.07) is 11.7. The number of amides is 2. The minimum absolute atomic E-state index is 0.0197. The van der Waals surface area contributed by atoms with E-state index in [1.165, 1.54) is 0 Å². The molecule has 1 saturated carbocycles. The third-order valence-electron chi connectivity index (χ3n) is 5.36. The molecule has 0 spiro atoms. The SMILES string of the molecule is N#C[C@@H]1CCCN1C(=O)CNC1CCC(NC(=O)c2ccccc2)CC1. The number of benzene rings is 1. The smallest absolute Gasteiger partial charge is 0.251 e. The number of nitrogens with one attached hydrogen (secondary N) is 2. The van der Waals surface area contributed by atoms with Gasteiger partial charge in [0.15, 0.2) is 0 Å². The number of rotatable bonds is 5. The fraction of sp³-hybridized carbons (Fsp3) is 0.550. The highest BCUT2D eigenvalue weighted by Gasteiger charge is 2.29. The van der Waals surface area contributed by atoms with Crippen LogP contribution in [-0.2, 0) is 4.79 Å². The number of likely N-dealkylation sites (tertiary alicyclic amines) is 1. The van der Waals surface area contributed by atoms with Gasteiger partial charge in [0, 0.05) is 24.2 Å². The van der Waals surface area contributed by atoms with Gasteiger partial charge in [-0.1, -0.05) is 18.2 Å². The van der Waals surface area contributed by atoms with Gasteiger partial charge in [-0.3, -0.25) is 9.59 Å². The number of hydrogen-bond donors (Lipinski definition) is 2. The van der Waals surface area contributed by atoms with Gasteiger partial charge < -0.3 is 15.5 Å². The van der Waals surface area contributed by atoms with Crippen LogP contribution in [0.1, 0.15) is 48.9 Å². The van der Waals surface area contributed by atoms with E-state index < -0.39 is 0 Å². The molecule has 2 amide bonds. The Labute approximate surface area is 154 Å². The maximum atomic E-state index is 12.3. The van der Waals surface area contributed by atoms with E-state index in [1.54, 1.807) is 4.90 Å². The van der Waals surface area contributed by atoms with Gasteiger partial charge >= 0.3 is 0 Å². The van der Waals surface area contributed by atoms with Crippen molar-refractivity contribution in [3.63, 3.8) is 0 Å². The Morgan fingerprint density at radius 2 is 1.77 bits per heavy atom. The van der Waals surface area contributed by atoms with E-state index in [0.717, 1.165) is 38.5 Å². The standard InChI is InChI=1S/C20H26N4O2/c21-13-18-7-4-12-24(18)19(25)14-22-16-8-10-17(11-9-16)23-20(26)15-5-2-1-3-6-15/h1-3,5-6,16-18,22H,4,7-12,14H2,(H,23,26)/t16?,17?,18-/m0/s1. The Balaban J connectivity index is 1.38. The van der Waals surface area contributed by atoms with Gasteiger partial charge in [0.2, 0.25) is 5.91 Å². The topological polar surface area (TPSA) is 85.2 Å². The molecule has 0 bridgehead atoms. The van der Waals surface area contributed by atoms with Crippen LogP contribution in [0.25, 0.3) is 0 Å². The van der Waals surface area contributed by atoms with Gasteiger partial charge in [0.25, 0.3) is 5.91 Å². The molecule has 6 heteroatoms. The average molecular weight is 354 g/mol. The van der Waals surface area contributed by atoms with Crippen molar-refractivity contribution < 1.29 is 9.59 Å². The van der Waals surface area contributed by atoms with E-state index in [0.29, 0.717) is 24.7 Å². The van der Waals surface area contributed by atoms with Crippen LogP contribution in [0.4, 0.5) is 0 Å². The van der Waals surface area contributed by atoms with Crippen molar-refractivity contribution in [1.29, 1.82) is 5.26 Å². The summed E-state index contributed by atoms with van der Waals surface area (Å²) in [6.45, 7) is 0.987. The fourth-order valence-electron chi connectivity index (χ4n) is 3.83. The first kappa shape index (κ1) is 18.4. The summed E-state index contributed by atoms with van der Waals surface area (Å²) >= 11 is 0. The van der Waals surface area contributed by atoms with Crippen molar-refractivity contribution in [2.45, 2.75) is 56.7 Å². The maximum Gasteiger partial charge on any atom is 0.251 e. The van der Waals surface area contributed by atoms with Gasteiger partial charge in [-0.15, -0.1) is 0 Å². The number of nitrogens with zero attached hydrogens (tertiary/aromatic N) is 2. The molecule has 2 N–H and O–H groups in total. The van der Waals surface area contributed by atoms with Gasteiger partial charge in [-0.25, -0.2) is 0 Å². The van der Waals surface area contributed by atoms with Crippen LogP contribution in [0.2, 0.25) is 0 Å². The van der Waals surface area contributed by atoms with Crippen molar-refractivity contribution in [1.82, 2.24) is 15.5 Å². The van der Waals surface area contributed by atoms with E-state index >= 15 is 0 Å². The largest absolute Gasteiger partial charge is 0.349 e.